The van der Waals surface area contributed by atoms with Crippen molar-refractivity contribution >= 4 is 34.6 Å². The SMILES string of the molecule is COc1ccccc1N1C(N)=NCC1c1ncc(Cl)s1. The summed E-state index contributed by atoms with van der Waals surface area (Å²) >= 11 is 7.41. The highest BCUT2D eigenvalue weighted by atomic mass is 35.5. The Hall–Kier alpha value is -1.79. The summed E-state index contributed by atoms with van der Waals surface area (Å²) in [6.07, 6.45) is 1.65. The molecule has 1 unspecified atom stereocenters. The first-order valence-corrected chi connectivity index (χ1v) is 7.23. The zero-order valence-electron chi connectivity index (χ0n) is 10.8. The number of rotatable bonds is 3. The number of ether oxygens (including phenoxy) is 1. The number of guanidine groups is 1. The topological polar surface area (TPSA) is 63.7 Å². The lowest BCUT2D eigenvalue weighted by Gasteiger charge is -2.26. The molecule has 1 aliphatic rings. The molecule has 1 aromatic carbocycles. The largest absolute Gasteiger partial charge is 0.495 e. The number of hydrogen-bond acceptors (Lipinski definition) is 6. The van der Waals surface area contributed by atoms with Crippen molar-refractivity contribution in [3.05, 3.63) is 39.8 Å². The van der Waals surface area contributed by atoms with E-state index in [1.165, 1.54) is 11.3 Å². The van der Waals surface area contributed by atoms with Crippen LogP contribution in [0.4, 0.5) is 5.69 Å². The van der Waals surface area contributed by atoms with Crippen molar-refractivity contribution in [1.82, 2.24) is 4.98 Å². The average Bonchev–Trinajstić information content (AvgIpc) is 3.04. The van der Waals surface area contributed by atoms with E-state index in [-0.39, 0.29) is 6.04 Å². The van der Waals surface area contributed by atoms with Crippen LogP contribution in [-0.4, -0.2) is 24.6 Å². The Kier molecular flexibility index (Phi) is 3.50. The quantitative estimate of drug-likeness (QED) is 0.947. The highest BCUT2D eigenvalue weighted by molar-refractivity contribution is 7.15. The molecule has 0 fully saturated rings. The van der Waals surface area contributed by atoms with Crippen molar-refractivity contribution in [1.29, 1.82) is 0 Å². The van der Waals surface area contributed by atoms with E-state index in [2.05, 4.69) is 9.98 Å². The van der Waals surface area contributed by atoms with Crippen LogP contribution in [0.15, 0.2) is 35.5 Å². The first-order chi connectivity index (χ1) is 9.70. The molecule has 1 aromatic heterocycles. The van der Waals surface area contributed by atoms with Crippen LogP contribution >= 0.6 is 22.9 Å². The number of halogens is 1. The van der Waals surface area contributed by atoms with Gasteiger partial charge < -0.3 is 10.5 Å². The lowest BCUT2D eigenvalue weighted by atomic mass is 10.2. The van der Waals surface area contributed by atoms with E-state index in [0.717, 1.165) is 16.4 Å². The summed E-state index contributed by atoms with van der Waals surface area (Å²) < 4.78 is 6.06. The van der Waals surface area contributed by atoms with E-state index in [0.29, 0.717) is 16.8 Å². The van der Waals surface area contributed by atoms with Crippen LogP contribution in [0.5, 0.6) is 5.75 Å². The van der Waals surface area contributed by atoms with Gasteiger partial charge in [-0.3, -0.25) is 9.89 Å². The third-order valence-corrected chi connectivity index (χ3v) is 4.33. The van der Waals surface area contributed by atoms with E-state index < -0.39 is 0 Å². The Morgan fingerprint density at radius 3 is 2.95 bits per heavy atom. The van der Waals surface area contributed by atoms with Crippen LogP contribution in [0.25, 0.3) is 0 Å². The second-order valence-corrected chi connectivity index (χ2v) is 5.95. The summed E-state index contributed by atoms with van der Waals surface area (Å²) in [5, 5.41) is 0.894. The molecule has 2 aromatic rings. The number of methoxy groups -OCH3 is 1. The fraction of sp³-hybridized carbons (Fsp3) is 0.231. The Morgan fingerprint density at radius 1 is 1.45 bits per heavy atom. The molecule has 0 amide bonds. The molecule has 0 bridgehead atoms. The van der Waals surface area contributed by atoms with Gasteiger partial charge in [0, 0.05) is 0 Å². The highest BCUT2D eigenvalue weighted by Gasteiger charge is 2.32. The Labute approximate surface area is 125 Å². The van der Waals surface area contributed by atoms with E-state index >= 15 is 0 Å². The second kappa shape index (κ2) is 5.30. The monoisotopic (exact) mass is 308 g/mol. The molecular formula is C13H13ClN4OS. The minimum absolute atomic E-state index is 0.0381. The second-order valence-electron chi connectivity index (χ2n) is 4.26. The van der Waals surface area contributed by atoms with Gasteiger partial charge in [-0.1, -0.05) is 23.7 Å². The molecule has 1 atom stereocenters. The zero-order valence-corrected chi connectivity index (χ0v) is 12.4. The number of aliphatic imine (C=N–C) groups is 1. The van der Waals surface area contributed by atoms with Gasteiger partial charge in [0.15, 0.2) is 5.96 Å². The number of para-hydroxylation sites is 2. The fourth-order valence-corrected chi connectivity index (χ4v) is 3.24. The third-order valence-electron chi connectivity index (χ3n) is 3.11. The Balaban J connectivity index is 2.02. The average molecular weight is 309 g/mol. The summed E-state index contributed by atoms with van der Waals surface area (Å²) in [4.78, 5) is 10.6. The van der Waals surface area contributed by atoms with Gasteiger partial charge in [0.1, 0.15) is 21.1 Å². The van der Waals surface area contributed by atoms with Crippen LogP contribution in [0.3, 0.4) is 0 Å². The molecule has 0 saturated carbocycles. The number of thiazole rings is 1. The number of hydrogen-bond donors (Lipinski definition) is 1. The lowest BCUT2D eigenvalue weighted by Crippen LogP contribution is -2.36. The van der Waals surface area contributed by atoms with Crippen LogP contribution < -0.4 is 15.4 Å². The van der Waals surface area contributed by atoms with Crippen molar-refractivity contribution in [3.8, 4) is 5.75 Å². The molecule has 3 rings (SSSR count). The van der Waals surface area contributed by atoms with Crippen LogP contribution in [-0.2, 0) is 0 Å². The molecule has 5 nitrogen and oxygen atoms in total. The zero-order chi connectivity index (χ0) is 14.1. The van der Waals surface area contributed by atoms with Crippen LogP contribution in [0.2, 0.25) is 4.34 Å². The van der Waals surface area contributed by atoms with Crippen molar-refractivity contribution in [2.24, 2.45) is 10.7 Å². The molecule has 0 radical (unpaired) electrons. The molecule has 7 heteroatoms. The Morgan fingerprint density at radius 2 is 2.25 bits per heavy atom. The van der Waals surface area contributed by atoms with Crippen molar-refractivity contribution in [2.45, 2.75) is 6.04 Å². The smallest absolute Gasteiger partial charge is 0.196 e. The van der Waals surface area contributed by atoms with Gasteiger partial charge in [-0.25, -0.2) is 4.98 Å². The van der Waals surface area contributed by atoms with Gasteiger partial charge in [-0.2, -0.15) is 0 Å². The van der Waals surface area contributed by atoms with Gasteiger partial charge in [0.25, 0.3) is 0 Å². The normalized spacial score (nSPS) is 18.2. The number of anilines is 1. The fourth-order valence-electron chi connectivity index (χ4n) is 2.23. The summed E-state index contributed by atoms with van der Waals surface area (Å²) in [7, 11) is 1.64. The molecule has 2 N–H and O–H groups in total. The number of aromatic nitrogens is 1. The maximum absolute atomic E-state index is 6.03. The summed E-state index contributed by atoms with van der Waals surface area (Å²) in [5.41, 5.74) is 6.91. The van der Waals surface area contributed by atoms with Gasteiger partial charge in [0.05, 0.1) is 25.5 Å². The molecule has 0 saturated heterocycles. The maximum Gasteiger partial charge on any atom is 0.196 e. The Bertz CT molecular complexity index is 657. The first-order valence-electron chi connectivity index (χ1n) is 6.04. The molecule has 2 heterocycles. The van der Waals surface area contributed by atoms with Crippen molar-refractivity contribution < 1.29 is 4.74 Å². The van der Waals surface area contributed by atoms with Crippen molar-refractivity contribution in [2.75, 3.05) is 18.6 Å². The van der Waals surface area contributed by atoms with Gasteiger partial charge in [-0.05, 0) is 12.1 Å². The predicted octanol–water partition coefficient (Wildman–Crippen LogP) is 2.68. The van der Waals surface area contributed by atoms with Gasteiger partial charge in [0.2, 0.25) is 0 Å². The van der Waals surface area contributed by atoms with E-state index in [4.69, 9.17) is 22.1 Å². The minimum Gasteiger partial charge on any atom is -0.495 e. The third kappa shape index (κ3) is 2.21. The standard InChI is InChI=1S/C13H13ClN4OS/c1-19-10-5-3-2-4-8(10)18-9(6-17-13(18)15)12-16-7-11(14)20-12/h2-5,7,9H,6H2,1H3,(H2,15,17). The molecule has 0 spiro atoms. The molecule has 104 valence electrons. The predicted molar refractivity (Wildman–Crippen MR) is 81.8 cm³/mol. The van der Waals surface area contributed by atoms with Gasteiger partial charge >= 0.3 is 0 Å². The molecule has 20 heavy (non-hydrogen) atoms. The number of nitrogens with two attached hydrogens (primary N) is 1. The highest BCUT2D eigenvalue weighted by Crippen LogP contribution is 2.38. The van der Waals surface area contributed by atoms with E-state index in [1.807, 2.05) is 29.2 Å². The van der Waals surface area contributed by atoms with Gasteiger partial charge in [-0.15, -0.1) is 11.3 Å². The molecular weight excluding hydrogens is 296 g/mol. The molecule has 1 aliphatic heterocycles. The molecule has 0 aliphatic carbocycles. The van der Waals surface area contributed by atoms with Crippen LogP contribution in [0.1, 0.15) is 11.0 Å². The first kappa shape index (κ1) is 13.2. The summed E-state index contributed by atoms with van der Waals surface area (Å²) in [5.74, 6) is 1.21. The van der Waals surface area contributed by atoms with E-state index in [1.54, 1.807) is 13.3 Å². The number of nitrogens with zero attached hydrogens (tertiary/aromatic N) is 3. The summed E-state index contributed by atoms with van der Waals surface area (Å²) in [6.45, 7) is 0.563. The lowest BCUT2D eigenvalue weighted by molar-refractivity contribution is 0.415. The maximum atomic E-state index is 6.03. The number of benzene rings is 1. The van der Waals surface area contributed by atoms with E-state index in [9.17, 15) is 0 Å². The summed E-state index contributed by atoms with van der Waals surface area (Å²) in [6, 6.07) is 7.67. The van der Waals surface area contributed by atoms with Crippen LogP contribution in [0, 0.1) is 0 Å². The van der Waals surface area contributed by atoms with Crippen molar-refractivity contribution in [3.63, 3.8) is 0 Å². The minimum atomic E-state index is -0.0381.